The van der Waals surface area contributed by atoms with Gasteiger partial charge in [-0.1, -0.05) is 44.0 Å². The Labute approximate surface area is 78.9 Å². The van der Waals surface area contributed by atoms with Crippen LogP contribution in [-0.4, -0.2) is 0 Å². The van der Waals surface area contributed by atoms with Crippen LogP contribution < -0.4 is 5.73 Å². The van der Waals surface area contributed by atoms with Crippen molar-refractivity contribution in [3.8, 4) is 0 Å². The van der Waals surface area contributed by atoms with Crippen molar-refractivity contribution < 1.29 is 0 Å². The minimum Gasteiger partial charge on any atom is -0.399 e. The molecule has 0 spiro atoms. The fraction of sp³-hybridized carbons (Fsp3) is 0. The van der Waals surface area contributed by atoms with Crippen molar-refractivity contribution in [1.82, 2.24) is 0 Å². The monoisotopic (exact) mass is 171 g/mol. The molecule has 1 aromatic rings. The molecule has 0 aromatic heterocycles. The van der Waals surface area contributed by atoms with Crippen LogP contribution >= 0.6 is 0 Å². The summed E-state index contributed by atoms with van der Waals surface area (Å²) in [7, 11) is 0. The highest BCUT2D eigenvalue weighted by Crippen LogP contribution is 2.17. The first-order valence-electron chi connectivity index (χ1n) is 4.02. The molecule has 0 unspecified atom stereocenters. The van der Waals surface area contributed by atoms with E-state index in [-0.39, 0.29) is 0 Å². The highest BCUT2D eigenvalue weighted by molar-refractivity contribution is 5.70. The molecule has 1 rings (SSSR count). The molecule has 0 heterocycles. The fourth-order valence-electron chi connectivity index (χ4n) is 1.14. The molecule has 0 bridgehead atoms. The zero-order chi connectivity index (χ0) is 9.84. The van der Waals surface area contributed by atoms with Gasteiger partial charge >= 0.3 is 0 Å². The van der Waals surface area contributed by atoms with Gasteiger partial charge in [0.25, 0.3) is 0 Å². The van der Waals surface area contributed by atoms with Gasteiger partial charge in [0.05, 0.1) is 0 Å². The Morgan fingerprint density at radius 2 is 1.77 bits per heavy atom. The predicted molar refractivity (Wildman–Crippen MR) is 59.8 cm³/mol. The molecule has 1 nitrogen and oxygen atoms in total. The summed E-state index contributed by atoms with van der Waals surface area (Å²) in [5, 5.41) is 0. The molecule has 0 radical (unpaired) electrons. The Morgan fingerprint density at radius 3 is 2.23 bits per heavy atom. The third kappa shape index (κ3) is 1.88. The van der Waals surface area contributed by atoms with E-state index in [0.29, 0.717) is 5.70 Å². The first-order valence-corrected chi connectivity index (χ1v) is 4.02. The lowest BCUT2D eigenvalue weighted by Crippen LogP contribution is -1.94. The molecule has 0 fully saturated rings. The summed E-state index contributed by atoms with van der Waals surface area (Å²) in [5.74, 6) is 0. The zero-order valence-electron chi connectivity index (χ0n) is 7.59. The molecule has 0 aliphatic carbocycles. The quantitative estimate of drug-likeness (QED) is 0.743. The molecule has 1 heteroatoms. The molecule has 0 aliphatic heterocycles. The Kier molecular flexibility index (Phi) is 2.70. The predicted octanol–water partition coefficient (Wildman–Crippen LogP) is 2.90. The maximum atomic E-state index is 5.57. The number of hydrogen-bond acceptors (Lipinski definition) is 1. The molecule has 0 amide bonds. The Morgan fingerprint density at radius 1 is 1.15 bits per heavy atom. The lowest BCUT2D eigenvalue weighted by Gasteiger charge is -2.04. The van der Waals surface area contributed by atoms with E-state index >= 15 is 0 Å². The van der Waals surface area contributed by atoms with E-state index in [9.17, 15) is 0 Å². The van der Waals surface area contributed by atoms with Gasteiger partial charge in [-0.15, -0.1) is 0 Å². The van der Waals surface area contributed by atoms with Gasteiger partial charge in [0.2, 0.25) is 0 Å². The van der Waals surface area contributed by atoms with E-state index in [1.54, 1.807) is 12.2 Å². The van der Waals surface area contributed by atoms with E-state index < -0.39 is 0 Å². The van der Waals surface area contributed by atoms with Crippen molar-refractivity contribution in [3.05, 3.63) is 54.6 Å². The van der Waals surface area contributed by atoms with E-state index in [1.807, 2.05) is 18.2 Å². The van der Waals surface area contributed by atoms with Crippen LogP contribution in [-0.2, 0) is 0 Å². The van der Waals surface area contributed by atoms with Crippen LogP contribution in [0.2, 0.25) is 0 Å². The maximum Gasteiger partial charge on any atom is 0.0314 e. The summed E-state index contributed by atoms with van der Waals surface area (Å²) in [6, 6.07) is 5.83. The molecule has 66 valence electrons. The maximum absolute atomic E-state index is 5.57. The first kappa shape index (κ1) is 9.33. The van der Waals surface area contributed by atoms with Crippen LogP contribution in [0.5, 0.6) is 0 Å². The van der Waals surface area contributed by atoms with Crippen molar-refractivity contribution >= 4 is 17.8 Å². The second-order valence-electron chi connectivity index (χ2n) is 2.78. The number of rotatable bonds is 3. The van der Waals surface area contributed by atoms with Crippen LogP contribution in [0, 0.1) is 0 Å². The lowest BCUT2D eigenvalue weighted by atomic mass is 10.0. The van der Waals surface area contributed by atoms with Gasteiger partial charge in [-0.25, -0.2) is 0 Å². The highest BCUT2D eigenvalue weighted by atomic mass is 14.6. The molecular formula is C12H13N. The Hall–Kier alpha value is -1.76. The summed E-state index contributed by atoms with van der Waals surface area (Å²) in [4.78, 5) is 0. The Bertz CT molecular complexity index is 361. The summed E-state index contributed by atoms with van der Waals surface area (Å²) in [5.41, 5.74) is 9.16. The van der Waals surface area contributed by atoms with Gasteiger partial charge in [-0.05, 0) is 22.8 Å². The van der Waals surface area contributed by atoms with Crippen molar-refractivity contribution in [2.24, 2.45) is 5.73 Å². The molecule has 0 aliphatic rings. The van der Waals surface area contributed by atoms with E-state index in [2.05, 4.69) is 19.7 Å². The Balaban J connectivity index is 3.28. The molecule has 1 aromatic carbocycles. The third-order valence-electron chi connectivity index (χ3n) is 1.90. The average Bonchev–Trinajstić information content (AvgIpc) is 2.16. The number of benzene rings is 1. The number of nitrogens with two attached hydrogens (primary N) is 1. The summed E-state index contributed by atoms with van der Waals surface area (Å²) in [6.07, 6.45) is 3.57. The zero-order valence-corrected chi connectivity index (χ0v) is 7.59. The standard InChI is InChI=1S/C12H13N/c1-4-10-6-7-12(9(3)13)8-11(10)5-2/h4-8H,1-3,13H2. The SMILES string of the molecule is C=Cc1ccc(C(=C)N)cc1C=C. The summed E-state index contributed by atoms with van der Waals surface area (Å²) in [6.45, 7) is 11.1. The topological polar surface area (TPSA) is 26.0 Å². The molecule has 0 atom stereocenters. The van der Waals surface area contributed by atoms with Crippen molar-refractivity contribution in [2.45, 2.75) is 0 Å². The van der Waals surface area contributed by atoms with Crippen LogP contribution in [0.15, 0.2) is 37.9 Å². The van der Waals surface area contributed by atoms with Crippen LogP contribution in [0.4, 0.5) is 0 Å². The summed E-state index contributed by atoms with van der Waals surface area (Å²) < 4.78 is 0. The van der Waals surface area contributed by atoms with Crippen molar-refractivity contribution in [3.63, 3.8) is 0 Å². The van der Waals surface area contributed by atoms with Crippen molar-refractivity contribution in [1.29, 1.82) is 0 Å². The van der Waals surface area contributed by atoms with Crippen LogP contribution in [0.25, 0.3) is 17.8 Å². The minimum absolute atomic E-state index is 0.568. The van der Waals surface area contributed by atoms with Gasteiger partial charge in [0.15, 0.2) is 0 Å². The second-order valence-corrected chi connectivity index (χ2v) is 2.78. The minimum atomic E-state index is 0.568. The second kappa shape index (κ2) is 3.76. The van der Waals surface area contributed by atoms with E-state index in [0.717, 1.165) is 16.7 Å². The largest absolute Gasteiger partial charge is 0.399 e. The van der Waals surface area contributed by atoms with E-state index in [1.165, 1.54) is 0 Å². The molecular weight excluding hydrogens is 158 g/mol. The first-order chi connectivity index (χ1) is 6.19. The van der Waals surface area contributed by atoms with E-state index in [4.69, 9.17) is 5.73 Å². The highest BCUT2D eigenvalue weighted by Gasteiger charge is 1.98. The molecule has 13 heavy (non-hydrogen) atoms. The average molecular weight is 171 g/mol. The fourth-order valence-corrected chi connectivity index (χ4v) is 1.14. The summed E-state index contributed by atoms with van der Waals surface area (Å²) >= 11 is 0. The van der Waals surface area contributed by atoms with Gasteiger partial charge in [-0.3, -0.25) is 0 Å². The smallest absolute Gasteiger partial charge is 0.0314 e. The molecule has 0 saturated carbocycles. The van der Waals surface area contributed by atoms with Gasteiger partial charge in [0, 0.05) is 5.70 Å². The normalized spacial score (nSPS) is 9.23. The third-order valence-corrected chi connectivity index (χ3v) is 1.90. The number of hydrogen-bond donors (Lipinski definition) is 1. The van der Waals surface area contributed by atoms with Crippen LogP contribution in [0.1, 0.15) is 16.7 Å². The van der Waals surface area contributed by atoms with Crippen molar-refractivity contribution in [2.75, 3.05) is 0 Å². The molecule has 2 N–H and O–H groups in total. The van der Waals surface area contributed by atoms with Crippen LogP contribution in [0.3, 0.4) is 0 Å². The van der Waals surface area contributed by atoms with Gasteiger partial charge < -0.3 is 5.73 Å². The van der Waals surface area contributed by atoms with Gasteiger partial charge in [-0.2, -0.15) is 0 Å². The molecule has 0 saturated heterocycles. The van der Waals surface area contributed by atoms with Gasteiger partial charge in [0.1, 0.15) is 0 Å². The lowest BCUT2D eigenvalue weighted by molar-refractivity contribution is 1.50.